The van der Waals surface area contributed by atoms with Gasteiger partial charge in [0, 0.05) is 11.8 Å². The van der Waals surface area contributed by atoms with Gasteiger partial charge in [0.25, 0.3) is 0 Å². The first-order valence-electron chi connectivity index (χ1n) is 14.2. The van der Waals surface area contributed by atoms with Gasteiger partial charge in [-0.2, -0.15) is 0 Å². The maximum Gasteiger partial charge on any atom is 0.0625 e. The van der Waals surface area contributed by atoms with Gasteiger partial charge in [-0.25, -0.2) is 0 Å². The summed E-state index contributed by atoms with van der Waals surface area (Å²) in [7, 11) is 0. The fourth-order valence-corrected chi connectivity index (χ4v) is 10.0. The van der Waals surface area contributed by atoms with Crippen LogP contribution < -0.4 is 0 Å². The summed E-state index contributed by atoms with van der Waals surface area (Å²) >= 11 is 0. The van der Waals surface area contributed by atoms with Crippen LogP contribution in [-0.4, -0.2) is 44.8 Å². The van der Waals surface area contributed by atoms with Crippen LogP contribution in [0.2, 0.25) is 0 Å². The maximum atomic E-state index is 11.7. The lowest BCUT2D eigenvalue weighted by Crippen LogP contribution is -2.68. The lowest BCUT2D eigenvalue weighted by molar-refractivity contribution is -0.256. The zero-order valence-electron chi connectivity index (χ0n) is 22.9. The predicted octanol–water partition coefficient (Wildman–Crippen LogP) is 5.04. The SMILES string of the molecule is C/C(=C\[C@@H](C)C1CCC2C3C[C@@H](O)C4[C@H](C)[C@@H](O)C[C@H](O)[C@]4(C)C3[C@H](O)C[C@@]21C)[C@H](C)C(C)C. The van der Waals surface area contributed by atoms with E-state index in [-0.39, 0.29) is 29.1 Å². The predicted molar refractivity (Wildman–Crippen MR) is 137 cm³/mol. The van der Waals surface area contributed by atoms with Gasteiger partial charge in [-0.15, -0.1) is 0 Å². The molecule has 4 nitrogen and oxygen atoms in total. The van der Waals surface area contributed by atoms with Crippen molar-refractivity contribution >= 4 is 0 Å². The van der Waals surface area contributed by atoms with Gasteiger partial charge in [-0.1, -0.05) is 60.1 Å². The Labute approximate surface area is 208 Å². The van der Waals surface area contributed by atoms with E-state index < -0.39 is 29.8 Å². The molecule has 0 bridgehead atoms. The Hall–Kier alpha value is -0.420. The monoisotopic (exact) mass is 476 g/mol. The summed E-state index contributed by atoms with van der Waals surface area (Å²) < 4.78 is 0. The van der Waals surface area contributed by atoms with E-state index in [1.165, 1.54) is 12.0 Å². The third-order valence-electron chi connectivity index (χ3n) is 12.1. The highest BCUT2D eigenvalue weighted by molar-refractivity contribution is 5.18. The molecular formula is C30H52O4. The van der Waals surface area contributed by atoms with Crippen LogP contribution in [0.3, 0.4) is 0 Å². The van der Waals surface area contributed by atoms with Crippen molar-refractivity contribution in [3.8, 4) is 0 Å². The van der Waals surface area contributed by atoms with Crippen LogP contribution in [0, 0.1) is 64.1 Å². The first-order chi connectivity index (χ1) is 15.7. The lowest BCUT2D eigenvalue weighted by atomic mass is 9.41. The molecule has 5 unspecified atom stereocenters. The highest BCUT2D eigenvalue weighted by Gasteiger charge is 2.68. The number of rotatable bonds is 4. The summed E-state index contributed by atoms with van der Waals surface area (Å²) in [6, 6.07) is 0. The van der Waals surface area contributed by atoms with E-state index >= 15 is 0 Å². The van der Waals surface area contributed by atoms with Gasteiger partial charge < -0.3 is 20.4 Å². The maximum absolute atomic E-state index is 11.7. The third-order valence-corrected chi connectivity index (χ3v) is 12.1. The van der Waals surface area contributed by atoms with Gasteiger partial charge in [0.05, 0.1) is 24.4 Å². The average molecular weight is 477 g/mol. The molecule has 0 saturated heterocycles. The molecule has 4 saturated carbocycles. The Balaban J connectivity index is 1.65. The van der Waals surface area contributed by atoms with Crippen LogP contribution in [0.1, 0.15) is 87.5 Å². The molecule has 196 valence electrons. The van der Waals surface area contributed by atoms with Crippen LogP contribution in [0.25, 0.3) is 0 Å². The highest BCUT2D eigenvalue weighted by atomic mass is 16.3. The normalized spacial score (nSPS) is 53.1. The molecule has 0 aromatic rings. The number of fused-ring (bicyclic) bond motifs is 5. The molecule has 4 heteroatoms. The fraction of sp³-hybridized carbons (Fsp3) is 0.933. The number of hydrogen-bond acceptors (Lipinski definition) is 4. The van der Waals surface area contributed by atoms with Crippen molar-refractivity contribution in [1.29, 1.82) is 0 Å². The fourth-order valence-electron chi connectivity index (χ4n) is 10.0. The van der Waals surface area contributed by atoms with E-state index in [1.54, 1.807) is 0 Å². The zero-order valence-corrected chi connectivity index (χ0v) is 22.9. The molecule has 4 rings (SSSR count). The van der Waals surface area contributed by atoms with E-state index in [1.807, 2.05) is 6.92 Å². The Bertz CT molecular complexity index is 778. The van der Waals surface area contributed by atoms with Crippen molar-refractivity contribution in [3.63, 3.8) is 0 Å². The minimum absolute atomic E-state index is 0.0174. The van der Waals surface area contributed by atoms with E-state index in [2.05, 4.69) is 54.5 Å². The lowest BCUT2D eigenvalue weighted by Gasteiger charge is -2.66. The molecule has 0 aromatic heterocycles. The largest absolute Gasteiger partial charge is 0.393 e. The molecular weight excluding hydrogens is 424 g/mol. The van der Waals surface area contributed by atoms with Crippen molar-refractivity contribution in [3.05, 3.63) is 11.6 Å². The van der Waals surface area contributed by atoms with Crippen LogP contribution in [0.5, 0.6) is 0 Å². The highest BCUT2D eigenvalue weighted by Crippen LogP contribution is 2.68. The Morgan fingerprint density at radius 3 is 2.15 bits per heavy atom. The van der Waals surface area contributed by atoms with Crippen molar-refractivity contribution in [2.24, 2.45) is 64.1 Å². The topological polar surface area (TPSA) is 80.9 Å². The first-order valence-corrected chi connectivity index (χ1v) is 14.2. The second kappa shape index (κ2) is 9.15. The molecule has 4 aliphatic carbocycles. The molecule has 14 atom stereocenters. The Morgan fingerprint density at radius 2 is 1.53 bits per heavy atom. The molecule has 0 heterocycles. The standard InChI is InChI=1S/C30H52O4/c1-15(2)18(5)16(3)11-17(4)21-9-10-22-20-12-24(32)27-19(6)23(31)13-26(34)30(27,8)28(20)25(33)14-29(21,22)7/h11,15,17-28,31-34H,9-10,12-14H2,1-8H3/b16-11+/t17-,18-,19-,20?,21?,22?,23+,24-,25-,26+,27?,28?,29-,30+/m1/s1. The van der Waals surface area contributed by atoms with Gasteiger partial charge >= 0.3 is 0 Å². The van der Waals surface area contributed by atoms with Crippen molar-refractivity contribution in [2.45, 2.75) is 112 Å². The molecule has 4 fully saturated rings. The molecule has 0 spiro atoms. The Morgan fingerprint density at radius 1 is 0.882 bits per heavy atom. The molecule has 4 N–H and O–H groups in total. The Kier molecular flexibility index (Phi) is 7.17. The van der Waals surface area contributed by atoms with E-state index in [0.29, 0.717) is 42.4 Å². The van der Waals surface area contributed by atoms with Crippen LogP contribution in [-0.2, 0) is 0 Å². The average Bonchev–Trinajstić information content (AvgIpc) is 3.08. The number of aliphatic hydroxyl groups excluding tert-OH is 4. The van der Waals surface area contributed by atoms with Crippen LogP contribution in [0.15, 0.2) is 11.6 Å². The molecule has 0 aromatic carbocycles. The van der Waals surface area contributed by atoms with Crippen molar-refractivity contribution in [2.75, 3.05) is 0 Å². The van der Waals surface area contributed by atoms with Gasteiger partial charge in [-0.3, -0.25) is 0 Å². The minimum atomic E-state index is -0.690. The summed E-state index contributed by atoms with van der Waals surface area (Å²) in [5, 5.41) is 45.0. The number of aliphatic hydroxyl groups is 4. The summed E-state index contributed by atoms with van der Waals surface area (Å²) in [4.78, 5) is 0. The molecule has 0 aliphatic heterocycles. The smallest absolute Gasteiger partial charge is 0.0625 e. The summed E-state index contributed by atoms with van der Waals surface area (Å²) in [5.41, 5.74) is 0.963. The molecule has 34 heavy (non-hydrogen) atoms. The summed E-state index contributed by atoms with van der Waals surface area (Å²) in [6.45, 7) is 18.1. The van der Waals surface area contributed by atoms with Gasteiger partial charge in [0.2, 0.25) is 0 Å². The molecule has 4 aliphatic rings. The van der Waals surface area contributed by atoms with Gasteiger partial charge in [-0.05, 0) is 91.3 Å². The van der Waals surface area contributed by atoms with Gasteiger partial charge in [0.15, 0.2) is 0 Å². The van der Waals surface area contributed by atoms with Crippen LogP contribution >= 0.6 is 0 Å². The first kappa shape index (κ1) is 26.6. The second-order valence-corrected chi connectivity index (χ2v) is 13.9. The number of allylic oxidation sites excluding steroid dienone is 2. The van der Waals surface area contributed by atoms with Crippen molar-refractivity contribution in [1.82, 2.24) is 0 Å². The third kappa shape index (κ3) is 3.85. The van der Waals surface area contributed by atoms with E-state index in [9.17, 15) is 20.4 Å². The summed E-state index contributed by atoms with van der Waals surface area (Å²) in [5.74, 6) is 2.62. The summed E-state index contributed by atoms with van der Waals surface area (Å²) in [6.07, 6.45) is 4.34. The zero-order chi connectivity index (χ0) is 25.3. The minimum Gasteiger partial charge on any atom is -0.393 e. The van der Waals surface area contributed by atoms with Gasteiger partial charge in [0.1, 0.15) is 0 Å². The van der Waals surface area contributed by atoms with Crippen molar-refractivity contribution < 1.29 is 20.4 Å². The van der Waals surface area contributed by atoms with Crippen LogP contribution in [0.4, 0.5) is 0 Å². The van der Waals surface area contributed by atoms with E-state index in [4.69, 9.17) is 0 Å². The quantitative estimate of drug-likeness (QED) is 0.429. The second-order valence-electron chi connectivity index (χ2n) is 13.9. The molecule has 0 amide bonds. The van der Waals surface area contributed by atoms with E-state index in [0.717, 1.165) is 12.8 Å². The number of hydrogen-bond donors (Lipinski definition) is 4. The molecule has 0 radical (unpaired) electrons.